The van der Waals surface area contributed by atoms with Crippen molar-refractivity contribution in [2.24, 2.45) is 0 Å². The Hall–Kier alpha value is -2.97. The van der Waals surface area contributed by atoms with Crippen LogP contribution in [-0.4, -0.2) is 64.6 Å². The molecule has 2 amide bonds. The molecule has 2 heterocycles. The normalized spacial score (nSPS) is 17.1. The van der Waals surface area contributed by atoms with Gasteiger partial charge in [0.1, 0.15) is 11.4 Å². The van der Waals surface area contributed by atoms with Crippen LogP contribution in [0.15, 0.2) is 30.3 Å². The number of amides is 2. The molecule has 148 valence electrons. The number of aromatic nitrogens is 2. The molecule has 1 N–H and O–H groups in total. The number of hydrogen-bond acceptors (Lipinski definition) is 4. The van der Waals surface area contributed by atoms with Gasteiger partial charge in [0.25, 0.3) is 11.8 Å². The van der Waals surface area contributed by atoms with Crippen molar-refractivity contribution in [1.82, 2.24) is 20.0 Å². The quantitative estimate of drug-likeness (QED) is 0.851. The summed E-state index contributed by atoms with van der Waals surface area (Å²) in [6.45, 7) is -1.67. The Morgan fingerprint density at radius 3 is 2.36 bits per heavy atom. The molecule has 0 spiro atoms. The number of hydrogen-bond donors (Lipinski definition) is 1. The summed E-state index contributed by atoms with van der Waals surface area (Å²) in [7, 11) is 0. The molecule has 2 aliphatic rings. The van der Waals surface area contributed by atoms with Crippen LogP contribution in [-0.2, 0) is 0 Å². The van der Waals surface area contributed by atoms with Crippen molar-refractivity contribution >= 4 is 11.8 Å². The highest BCUT2D eigenvalue weighted by molar-refractivity contribution is 5.97. The molecule has 2 fully saturated rings. The van der Waals surface area contributed by atoms with E-state index in [-0.39, 0.29) is 23.1 Å². The molecule has 0 atom stereocenters. The number of ether oxygens (including phenoxy) is 1. The molecular weight excluding hydrogens is 370 g/mol. The maximum absolute atomic E-state index is 12.7. The summed E-state index contributed by atoms with van der Waals surface area (Å²) in [6, 6.07) is 7.73. The number of para-hydroxylation sites is 1. The minimum absolute atomic E-state index is 0.0870. The summed E-state index contributed by atoms with van der Waals surface area (Å²) in [4.78, 5) is 28.5. The molecule has 4 rings (SSSR count). The number of nitrogens with one attached hydrogen (secondary N) is 1. The van der Waals surface area contributed by atoms with Crippen molar-refractivity contribution in [2.45, 2.75) is 25.4 Å². The number of piperazine rings is 1. The van der Waals surface area contributed by atoms with Crippen LogP contribution in [0.2, 0.25) is 0 Å². The average molecular weight is 390 g/mol. The summed E-state index contributed by atoms with van der Waals surface area (Å²) in [6.07, 6.45) is 2.24. The summed E-state index contributed by atoms with van der Waals surface area (Å²) >= 11 is 0. The van der Waals surface area contributed by atoms with Crippen LogP contribution < -0.4 is 4.74 Å². The van der Waals surface area contributed by atoms with E-state index in [9.17, 15) is 18.4 Å². The molecule has 1 saturated carbocycles. The molecule has 2 aromatic rings. The van der Waals surface area contributed by atoms with E-state index in [1.807, 2.05) is 0 Å². The molecule has 7 nitrogen and oxygen atoms in total. The van der Waals surface area contributed by atoms with E-state index in [4.69, 9.17) is 0 Å². The molecule has 0 unspecified atom stereocenters. The first kappa shape index (κ1) is 18.4. The van der Waals surface area contributed by atoms with E-state index in [0.717, 1.165) is 18.5 Å². The zero-order valence-electron chi connectivity index (χ0n) is 15.1. The maximum Gasteiger partial charge on any atom is 0.387 e. The van der Waals surface area contributed by atoms with Crippen LogP contribution in [0.25, 0.3) is 0 Å². The third-order valence-corrected chi connectivity index (χ3v) is 5.02. The van der Waals surface area contributed by atoms with E-state index < -0.39 is 6.61 Å². The Kier molecular flexibility index (Phi) is 4.97. The number of nitrogens with zero attached hydrogens (tertiary/aromatic N) is 3. The zero-order valence-corrected chi connectivity index (χ0v) is 15.1. The first-order valence-corrected chi connectivity index (χ1v) is 9.20. The molecule has 1 aliphatic heterocycles. The van der Waals surface area contributed by atoms with E-state index >= 15 is 0 Å². The van der Waals surface area contributed by atoms with Crippen LogP contribution in [0.3, 0.4) is 0 Å². The van der Waals surface area contributed by atoms with Crippen molar-refractivity contribution in [3.05, 3.63) is 47.3 Å². The first-order valence-electron chi connectivity index (χ1n) is 9.20. The van der Waals surface area contributed by atoms with Gasteiger partial charge in [0.05, 0.1) is 5.56 Å². The minimum atomic E-state index is -3.00. The van der Waals surface area contributed by atoms with E-state index in [2.05, 4.69) is 14.9 Å². The zero-order chi connectivity index (χ0) is 19.7. The topological polar surface area (TPSA) is 78.5 Å². The van der Waals surface area contributed by atoms with Crippen LogP contribution in [0.5, 0.6) is 5.75 Å². The van der Waals surface area contributed by atoms with Crippen LogP contribution in [0, 0.1) is 0 Å². The standard InChI is InChI=1S/C19H20F2N4O3/c20-19(21)28-16-4-2-1-3-13(16)17(26)24-7-9-25(10-8-24)18(27)15-11-14(22-23-15)12-5-6-12/h1-4,11-12,19H,5-10H2,(H,22,23). The SMILES string of the molecule is O=C(c1cc(C2CC2)[nH]n1)N1CCN(C(=O)c2ccccc2OC(F)F)CC1. The second-order valence-electron chi connectivity index (χ2n) is 6.94. The number of aromatic amines is 1. The molecular formula is C19H20F2N4O3. The fraction of sp³-hybridized carbons (Fsp3) is 0.421. The van der Waals surface area contributed by atoms with Gasteiger partial charge in [0, 0.05) is 37.8 Å². The average Bonchev–Trinajstić information content (AvgIpc) is 3.44. The van der Waals surface area contributed by atoms with Gasteiger partial charge in [-0.05, 0) is 31.0 Å². The highest BCUT2D eigenvalue weighted by Gasteiger charge is 2.30. The van der Waals surface area contributed by atoms with Crippen LogP contribution in [0.1, 0.15) is 45.3 Å². The van der Waals surface area contributed by atoms with Gasteiger partial charge in [-0.25, -0.2) is 0 Å². The monoisotopic (exact) mass is 390 g/mol. The van der Waals surface area contributed by atoms with E-state index in [1.165, 1.54) is 23.1 Å². The second kappa shape index (κ2) is 7.57. The third-order valence-electron chi connectivity index (χ3n) is 5.02. The lowest BCUT2D eigenvalue weighted by Gasteiger charge is -2.34. The number of alkyl halides is 2. The summed E-state index contributed by atoms with van der Waals surface area (Å²) in [5, 5.41) is 7.03. The molecule has 1 aliphatic carbocycles. The number of H-pyrrole nitrogens is 1. The highest BCUT2D eigenvalue weighted by Crippen LogP contribution is 2.39. The predicted molar refractivity (Wildman–Crippen MR) is 95.4 cm³/mol. The number of carbonyl (C=O) groups is 2. The van der Waals surface area contributed by atoms with Crippen molar-refractivity contribution in [3.8, 4) is 5.75 Å². The molecule has 28 heavy (non-hydrogen) atoms. The fourth-order valence-electron chi connectivity index (χ4n) is 3.34. The van der Waals surface area contributed by atoms with Gasteiger partial charge in [0.2, 0.25) is 0 Å². The lowest BCUT2D eigenvalue weighted by molar-refractivity contribution is -0.0503. The van der Waals surface area contributed by atoms with Crippen molar-refractivity contribution in [2.75, 3.05) is 26.2 Å². The molecule has 1 saturated heterocycles. The largest absolute Gasteiger partial charge is 0.434 e. The molecule has 1 aromatic heterocycles. The van der Waals surface area contributed by atoms with Gasteiger partial charge in [-0.1, -0.05) is 12.1 Å². The second-order valence-corrected chi connectivity index (χ2v) is 6.94. The Bertz CT molecular complexity index is 874. The number of benzene rings is 1. The van der Waals surface area contributed by atoms with Crippen molar-refractivity contribution < 1.29 is 23.1 Å². The van der Waals surface area contributed by atoms with Gasteiger partial charge in [0.15, 0.2) is 0 Å². The lowest BCUT2D eigenvalue weighted by Crippen LogP contribution is -2.50. The summed E-state index contributed by atoms with van der Waals surface area (Å²) in [5.41, 5.74) is 1.47. The molecule has 0 bridgehead atoms. The van der Waals surface area contributed by atoms with E-state index in [1.54, 1.807) is 17.0 Å². The van der Waals surface area contributed by atoms with Gasteiger partial charge >= 0.3 is 6.61 Å². The van der Waals surface area contributed by atoms with Gasteiger partial charge in [-0.15, -0.1) is 0 Å². The third kappa shape index (κ3) is 3.83. The van der Waals surface area contributed by atoms with Crippen molar-refractivity contribution in [3.63, 3.8) is 0 Å². The Balaban J connectivity index is 1.38. The van der Waals surface area contributed by atoms with Crippen LogP contribution >= 0.6 is 0 Å². The lowest BCUT2D eigenvalue weighted by atomic mass is 10.1. The van der Waals surface area contributed by atoms with Gasteiger partial charge < -0.3 is 14.5 Å². The van der Waals surface area contributed by atoms with Gasteiger partial charge in [-0.3, -0.25) is 14.7 Å². The fourth-order valence-corrected chi connectivity index (χ4v) is 3.34. The Labute approximate surface area is 160 Å². The molecule has 0 radical (unpaired) electrons. The van der Waals surface area contributed by atoms with Crippen molar-refractivity contribution in [1.29, 1.82) is 0 Å². The first-order chi connectivity index (χ1) is 13.5. The minimum Gasteiger partial charge on any atom is -0.434 e. The maximum atomic E-state index is 12.7. The Morgan fingerprint density at radius 2 is 1.71 bits per heavy atom. The summed E-state index contributed by atoms with van der Waals surface area (Å²) in [5.74, 6) is -0.222. The highest BCUT2D eigenvalue weighted by atomic mass is 19.3. The number of halogens is 2. The molecule has 9 heteroatoms. The van der Waals surface area contributed by atoms with Crippen LogP contribution in [0.4, 0.5) is 8.78 Å². The van der Waals surface area contributed by atoms with Gasteiger partial charge in [-0.2, -0.15) is 13.9 Å². The molecule has 1 aromatic carbocycles. The smallest absolute Gasteiger partial charge is 0.387 e. The predicted octanol–water partition coefficient (Wildman–Crippen LogP) is 2.49. The van der Waals surface area contributed by atoms with E-state index in [0.29, 0.717) is 37.8 Å². The number of carbonyl (C=O) groups excluding carboxylic acids is 2. The summed E-state index contributed by atoms with van der Waals surface area (Å²) < 4.78 is 29.6. The number of rotatable bonds is 5. The Morgan fingerprint density at radius 1 is 1.07 bits per heavy atom.